The van der Waals surface area contributed by atoms with Crippen LogP contribution in [0.15, 0.2) is 30.3 Å². The van der Waals surface area contributed by atoms with Crippen LogP contribution in [0.5, 0.6) is 0 Å². The normalized spacial score (nSPS) is 30.4. The van der Waals surface area contributed by atoms with Gasteiger partial charge in [-0.1, -0.05) is 30.3 Å². The molecule has 1 aromatic carbocycles. The maximum atomic E-state index is 11.5. The molecule has 2 unspecified atom stereocenters. The summed E-state index contributed by atoms with van der Waals surface area (Å²) in [7, 11) is 0. The maximum Gasteiger partial charge on any atom is 0.237 e. The van der Waals surface area contributed by atoms with Gasteiger partial charge in [0.1, 0.15) is 0 Å². The van der Waals surface area contributed by atoms with Gasteiger partial charge in [-0.25, -0.2) is 4.21 Å². The molecule has 0 aromatic heterocycles. The van der Waals surface area contributed by atoms with Gasteiger partial charge in [0.15, 0.2) is 0 Å². The standard InChI is InChI=1S/C12H16N2O2S/c15-17-14-7-6-13(9-12(14)10-16-17)8-11-4-2-1-3-5-11/h1-5,12H,6-10H2. The largest absolute Gasteiger partial charge is 0.296 e. The second-order valence-electron chi connectivity index (χ2n) is 4.52. The van der Waals surface area contributed by atoms with Crippen molar-refractivity contribution in [3.05, 3.63) is 35.9 Å². The van der Waals surface area contributed by atoms with E-state index in [1.165, 1.54) is 5.56 Å². The Morgan fingerprint density at radius 3 is 2.94 bits per heavy atom. The molecule has 2 aliphatic heterocycles. The Bertz CT molecular complexity index is 412. The Kier molecular flexibility index (Phi) is 3.24. The molecule has 17 heavy (non-hydrogen) atoms. The first kappa shape index (κ1) is 11.3. The van der Waals surface area contributed by atoms with Gasteiger partial charge >= 0.3 is 0 Å². The van der Waals surface area contributed by atoms with Gasteiger partial charge in [-0.15, -0.1) is 0 Å². The van der Waals surface area contributed by atoms with Crippen LogP contribution >= 0.6 is 0 Å². The van der Waals surface area contributed by atoms with Gasteiger partial charge in [-0.3, -0.25) is 9.08 Å². The van der Waals surface area contributed by atoms with E-state index in [1.54, 1.807) is 0 Å². The Hall–Kier alpha value is -0.750. The Labute approximate surface area is 104 Å². The second-order valence-corrected chi connectivity index (χ2v) is 5.66. The number of fused-ring (bicyclic) bond motifs is 1. The third-order valence-corrected chi connectivity index (χ3v) is 4.52. The van der Waals surface area contributed by atoms with E-state index >= 15 is 0 Å². The number of hydrogen-bond donors (Lipinski definition) is 0. The van der Waals surface area contributed by atoms with Crippen molar-refractivity contribution in [3.8, 4) is 0 Å². The molecule has 0 bridgehead atoms. The number of benzene rings is 1. The number of piperazine rings is 1. The fourth-order valence-electron chi connectivity index (χ4n) is 2.42. The highest BCUT2D eigenvalue weighted by atomic mass is 32.2. The SMILES string of the molecule is O=S1OCC2CN(Cc3ccccc3)CCN21. The van der Waals surface area contributed by atoms with E-state index in [0.717, 1.165) is 26.2 Å². The highest BCUT2D eigenvalue weighted by molar-refractivity contribution is 7.78. The molecule has 2 heterocycles. The van der Waals surface area contributed by atoms with Gasteiger partial charge in [-0.2, -0.15) is 4.31 Å². The van der Waals surface area contributed by atoms with Crippen LogP contribution in [0.3, 0.4) is 0 Å². The number of rotatable bonds is 2. The highest BCUT2D eigenvalue weighted by Gasteiger charge is 2.36. The van der Waals surface area contributed by atoms with Crippen LogP contribution in [-0.2, 0) is 22.0 Å². The topological polar surface area (TPSA) is 32.8 Å². The molecule has 0 spiro atoms. The van der Waals surface area contributed by atoms with E-state index in [-0.39, 0.29) is 0 Å². The minimum absolute atomic E-state index is 0.299. The van der Waals surface area contributed by atoms with Crippen LogP contribution in [0.4, 0.5) is 0 Å². The zero-order valence-electron chi connectivity index (χ0n) is 9.62. The summed E-state index contributed by atoms with van der Waals surface area (Å²) in [6.45, 7) is 4.31. The summed E-state index contributed by atoms with van der Waals surface area (Å²) in [6.07, 6.45) is 0. The van der Waals surface area contributed by atoms with Crippen LogP contribution in [0, 0.1) is 0 Å². The van der Waals surface area contributed by atoms with E-state index in [4.69, 9.17) is 4.18 Å². The van der Waals surface area contributed by atoms with E-state index in [0.29, 0.717) is 12.6 Å². The van der Waals surface area contributed by atoms with Gasteiger partial charge in [-0.05, 0) is 5.56 Å². The van der Waals surface area contributed by atoms with Crippen molar-refractivity contribution in [3.63, 3.8) is 0 Å². The minimum atomic E-state index is -1.19. The summed E-state index contributed by atoms with van der Waals surface area (Å²) in [5, 5.41) is 0. The average molecular weight is 252 g/mol. The van der Waals surface area contributed by atoms with Crippen molar-refractivity contribution in [1.29, 1.82) is 0 Å². The minimum Gasteiger partial charge on any atom is -0.296 e. The first-order valence-corrected chi connectivity index (χ1v) is 6.94. The van der Waals surface area contributed by atoms with Gasteiger partial charge in [0, 0.05) is 26.2 Å². The molecule has 2 saturated heterocycles. The zero-order valence-corrected chi connectivity index (χ0v) is 10.4. The molecule has 0 amide bonds. The van der Waals surface area contributed by atoms with Crippen molar-refractivity contribution < 1.29 is 8.39 Å². The molecule has 2 atom stereocenters. The summed E-state index contributed by atoms with van der Waals surface area (Å²) >= 11 is -1.19. The first-order chi connectivity index (χ1) is 8.33. The summed E-state index contributed by atoms with van der Waals surface area (Å²) < 4.78 is 18.6. The van der Waals surface area contributed by atoms with Crippen LogP contribution in [0.25, 0.3) is 0 Å². The first-order valence-electron chi connectivity index (χ1n) is 5.91. The fourth-order valence-corrected chi connectivity index (χ4v) is 3.44. The van der Waals surface area contributed by atoms with Crippen LogP contribution < -0.4 is 0 Å². The van der Waals surface area contributed by atoms with Crippen molar-refractivity contribution >= 4 is 11.3 Å². The lowest BCUT2D eigenvalue weighted by Gasteiger charge is -2.34. The van der Waals surface area contributed by atoms with E-state index in [1.807, 2.05) is 10.4 Å². The number of nitrogens with zero attached hydrogens (tertiary/aromatic N) is 2. The maximum absolute atomic E-state index is 11.5. The average Bonchev–Trinajstić information content (AvgIpc) is 2.72. The molecule has 1 aromatic rings. The van der Waals surface area contributed by atoms with Crippen molar-refractivity contribution in [2.75, 3.05) is 26.2 Å². The summed E-state index contributed by atoms with van der Waals surface area (Å²) in [6, 6.07) is 10.8. The lowest BCUT2D eigenvalue weighted by atomic mass is 10.1. The smallest absolute Gasteiger partial charge is 0.237 e. The molecule has 5 heteroatoms. The third-order valence-electron chi connectivity index (χ3n) is 3.31. The molecular formula is C12H16N2O2S. The van der Waals surface area contributed by atoms with E-state index < -0.39 is 11.3 Å². The monoisotopic (exact) mass is 252 g/mol. The van der Waals surface area contributed by atoms with E-state index in [2.05, 4.69) is 29.2 Å². The Balaban J connectivity index is 1.62. The Morgan fingerprint density at radius 2 is 2.12 bits per heavy atom. The predicted octanol–water partition coefficient (Wildman–Crippen LogP) is 0.782. The van der Waals surface area contributed by atoms with Crippen molar-refractivity contribution in [2.24, 2.45) is 0 Å². The van der Waals surface area contributed by atoms with Gasteiger partial charge in [0.25, 0.3) is 0 Å². The lowest BCUT2D eigenvalue weighted by molar-refractivity contribution is 0.136. The van der Waals surface area contributed by atoms with Crippen molar-refractivity contribution in [1.82, 2.24) is 9.21 Å². The fraction of sp³-hybridized carbons (Fsp3) is 0.500. The summed E-state index contributed by atoms with van der Waals surface area (Å²) in [5.74, 6) is 0. The van der Waals surface area contributed by atoms with Crippen LogP contribution in [0.2, 0.25) is 0 Å². The second kappa shape index (κ2) is 4.86. The summed E-state index contributed by atoms with van der Waals surface area (Å²) in [4.78, 5) is 2.41. The Morgan fingerprint density at radius 1 is 1.29 bits per heavy atom. The highest BCUT2D eigenvalue weighted by Crippen LogP contribution is 2.20. The van der Waals surface area contributed by atoms with Crippen molar-refractivity contribution in [2.45, 2.75) is 12.6 Å². The molecule has 0 saturated carbocycles. The quantitative estimate of drug-likeness (QED) is 0.780. The third kappa shape index (κ3) is 2.42. The molecular weight excluding hydrogens is 236 g/mol. The number of hydrogen-bond acceptors (Lipinski definition) is 3. The molecule has 0 radical (unpaired) electrons. The van der Waals surface area contributed by atoms with E-state index in [9.17, 15) is 4.21 Å². The molecule has 4 nitrogen and oxygen atoms in total. The molecule has 2 aliphatic rings. The molecule has 0 aliphatic carbocycles. The molecule has 0 N–H and O–H groups in total. The summed E-state index contributed by atoms with van der Waals surface area (Å²) in [5.41, 5.74) is 1.33. The molecule has 2 fully saturated rings. The van der Waals surface area contributed by atoms with Gasteiger partial charge in [0.2, 0.25) is 11.3 Å². The van der Waals surface area contributed by atoms with Crippen LogP contribution in [-0.4, -0.2) is 45.7 Å². The van der Waals surface area contributed by atoms with Gasteiger partial charge in [0.05, 0.1) is 12.6 Å². The molecule has 3 rings (SSSR count). The van der Waals surface area contributed by atoms with Gasteiger partial charge < -0.3 is 0 Å². The lowest BCUT2D eigenvalue weighted by Crippen LogP contribution is -2.50. The van der Waals surface area contributed by atoms with Crippen LogP contribution in [0.1, 0.15) is 5.56 Å². The molecule has 92 valence electrons. The zero-order chi connectivity index (χ0) is 11.7. The predicted molar refractivity (Wildman–Crippen MR) is 66.3 cm³/mol.